The van der Waals surface area contributed by atoms with Crippen molar-refractivity contribution >= 4 is 0 Å². The minimum absolute atomic E-state index is 0.357. The van der Waals surface area contributed by atoms with Gasteiger partial charge in [-0.1, -0.05) is 38.1 Å². The first-order valence-electron chi connectivity index (χ1n) is 6.66. The molecule has 0 heterocycles. The Hall–Kier alpha value is -2.58. The van der Waals surface area contributed by atoms with Gasteiger partial charge in [0.15, 0.2) is 0 Å². The van der Waals surface area contributed by atoms with E-state index in [0.29, 0.717) is 23.0 Å². The molecule has 0 N–H and O–H groups in total. The Kier molecular flexibility index (Phi) is 4.18. The third-order valence-electron chi connectivity index (χ3n) is 3.88. The third kappa shape index (κ3) is 2.87. The summed E-state index contributed by atoms with van der Waals surface area (Å²) in [6.07, 6.45) is 0. The maximum Gasteiger partial charge on any atom is 0.0991 e. The molecule has 0 aliphatic rings. The van der Waals surface area contributed by atoms with Crippen LogP contribution in [-0.2, 0) is 0 Å². The van der Waals surface area contributed by atoms with Crippen molar-refractivity contribution < 1.29 is 0 Å². The van der Waals surface area contributed by atoms with Crippen LogP contribution in [0.15, 0.2) is 48.5 Å². The van der Waals surface area contributed by atoms with Gasteiger partial charge in [-0.25, -0.2) is 0 Å². The number of hydrogen-bond acceptors (Lipinski definition) is 2. The van der Waals surface area contributed by atoms with Crippen molar-refractivity contribution in [3.8, 4) is 12.1 Å². The van der Waals surface area contributed by atoms with Crippen LogP contribution < -0.4 is 0 Å². The lowest BCUT2D eigenvalue weighted by Gasteiger charge is -2.21. The van der Waals surface area contributed by atoms with Crippen LogP contribution in [0.5, 0.6) is 0 Å². The van der Waals surface area contributed by atoms with Gasteiger partial charge in [-0.05, 0) is 47.2 Å². The summed E-state index contributed by atoms with van der Waals surface area (Å²) in [5, 5.41) is 17.7. The molecule has 2 atom stereocenters. The van der Waals surface area contributed by atoms with Crippen molar-refractivity contribution in [2.75, 3.05) is 0 Å². The van der Waals surface area contributed by atoms with Crippen LogP contribution in [0, 0.1) is 22.7 Å². The van der Waals surface area contributed by atoms with E-state index in [2.05, 4.69) is 26.0 Å². The normalized spacial score (nSPS) is 13.0. The first-order valence-corrected chi connectivity index (χ1v) is 6.66. The van der Waals surface area contributed by atoms with Crippen LogP contribution in [0.3, 0.4) is 0 Å². The highest BCUT2D eigenvalue weighted by Gasteiger charge is 2.16. The van der Waals surface area contributed by atoms with E-state index in [1.165, 1.54) is 11.1 Å². The Morgan fingerprint density at radius 3 is 1.20 bits per heavy atom. The van der Waals surface area contributed by atoms with E-state index in [9.17, 15) is 0 Å². The first kappa shape index (κ1) is 13.8. The topological polar surface area (TPSA) is 47.6 Å². The second-order valence-corrected chi connectivity index (χ2v) is 5.04. The molecule has 0 bridgehead atoms. The van der Waals surface area contributed by atoms with E-state index in [4.69, 9.17) is 10.5 Å². The first-order chi connectivity index (χ1) is 9.65. The molecule has 0 fully saturated rings. The molecule has 2 rings (SSSR count). The van der Waals surface area contributed by atoms with E-state index >= 15 is 0 Å². The maximum atomic E-state index is 8.83. The Balaban J connectivity index is 2.20. The van der Waals surface area contributed by atoms with Gasteiger partial charge < -0.3 is 0 Å². The van der Waals surface area contributed by atoms with Gasteiger partial charge in [-0.15, -0.1) is 0 Å². The molecule has 2 aromatic carbocycles. The molecule has 2 unspecified atom stereocenters. The highest BCUT2D eigenvalue weighted by atomic mass is 14.2. The van der Waals surface area contributed by atoms with Crippen molar-refractivity contribution in [1.82, 2.24) is 0 Å². The van der Waals surface area contributed by atoms with Gasteiger partial charge >= 0.3 is 0 Å². The maximum absolute atomic E-state index is 8.83. The van der Waals surface area contributed by atoms with Crippen molar-refractivity contribution in [3.05, 3.63) is 70.8 Å². The van der Waals surface area contributed by atoms with Crippen LogP contribution in [0.2, 0.25) is 0 Å². The smallest absolute Gasteiger partial charge is 0.0991 e. The van der Waals surface area contributed by atoms with Crippen LogP contribution in [0.1, 0.15) is 47.9 Å². The number of rotatable bonds is 3. The van der Waals surface area contributed by atoms with Crippen LogP contribution in [-0.4, -0.2) is 0 Å². The van der Waals surface area contributed by atoms with Crippen LogP contribution in [0.4, 0.5) is 0 Å². The summed E-state index contributed by atoms with van der Waals surface area (Å²) in [4.78, 5) is 0. The molecule has 2 nitrogen and oxygen atoms in total. The molecular weight excluding hydrogens is 244 g/mol. The molecular formula is C18H16N2. The summed E-state index contributed by atoms with van der Waals surface area (Å²) >= 11 is 0. The predicted octanol–water partition coefficient (Wildman–Crippen LogP) is 4.34. The zero-order valence-corrected chi connectivity index (χ0v) is 11.7. The summed E-state index contributed by atoms with van der Waals surface area (Å²) in [7, 11) is 0. The molecule has 0 aromatic heterocycles. The van der Waals surface area contributed by atoms with Crippen molar-refractivity contribution in [2.24, 2.45) is 0 Å². The molecule has 20 heavy (non-hydrogen) atoms. The summed E-state index contributed by atoms with van der Waals surface area (Å²) in [5.74, 6) is 0.714. The number of benzene rings is 2. The van der Waals surface area contributed by atoms with Gasteiger partial charge in [0.25, 0.3) is 0 Å². The number of nitriles is 2. The van der Waals surface area contributed by atoms with Crippen LogP contribution in [0.25, 0.3) is 0 Å². The monoisotopic (exact) mass is 260 g/mol. The molecule has 0 saturated carbocycles. The summed E-state index contributed by atoms with van der Waals surface area (Å²) in [6, 6.07) is 19.8. The zero-order valence-electron chi connectivity index (χ0n) is 11.7. The van der Waals surface area contributed by atoms with E-state index in [1.807, 2.05) is 48.5 Å². The molecule has 0 aliphatic heterocycles. The van der Waals surface area contributed by atoms with E-state index in [-0.39, 0.29) is 0 Å². The summed E-state index contributed by atoms with van der Waals surface area (Å²) in [6.45, 7) is 4.37. The van der Waals surface area contributed by atoms with Gasteiger partial charge in [0, 0.05) is 0 Å². The van der Waals surface area contributed by atoms with E-state index in [0.717, 1.165) is 0 Å². The lowest BCUT2D eigenvalue weighted by molar-refractivity contribution is 0.623. The average molecular weight is 260 g/mol. The second-order valence-electron chi connectivity index (χ2n) is 5.04. The number of nitrogens with zero attached hydrogens (tertiary/aromatic N) is 2. The summed E-state index contributed by atoms with van der Waals surface area (Å²) < 4.78 is 0. The molecule has 0 amide bonds. The standard InChI is InChI=1S/C18H16N2/c1-13(17-7-3-15(11-19)4-8-17)14(2)18-9-5-16(12-20)6-10-18/h3-10,13-14H,1-2H3. The SMILES string of the molecule is CC(c1ccc(C#N)cc1)C(C)c1ccc(C#N)cc1. The van der Waals surface area contributed by atoms with Gasteiger partial charge in [0.2, 0.25) is 0 Å². The molecule has 2 heteroatoms. The molecule has 0 saturated heterocycles. The summed E-state index contributed by atoms with van der Waals surface area (Å²) in [5.41, 5.74) is 3.82. The Morgan fingerprint density at radius 2 is 0.950 bits per heavy atom. The largest absolute Gasteiger partial charge is 0.192 e. The minimum Gasteiger partial charge on any atom is -0.192 e. The lowest BCUT2D eigenvalue weighted by Crippen LogP contribution is -2.04. The Morgan fingerprint density at radius 1 is 0.650 bits per heavy atom. The van der Waals surface area contributed by atoms with Gasteiger partial charge in [-0.2, -0.15) is 10.5 Å². The molecule has 98 valence electrons. The molecule has 0 aliphatic carbocycles. The molecule has 0 spiro atoms. The van der Waals surface area contributed by atoms with Crippen molar-refractivity contribution in [2.45, 2.75) is 25.7 Å². The zero-order chi connectivity index (χ0) is 14.5. The van der Waals surface area contributed by atoms with Gasteiger partial charge in [0.05, 0.1) is 23.3 Å². The fraction of sp³-hybridized carbons (Fsp3) is 0.222. The Labute approximate surface area is 119 Å². The van der Waals surface area contributed by atoms with E-state index in [1.54, 1.807) is 0 Å². The van der Waals surface area contributed by atoms with Crippen LogP contribution >= 0.6 is 0 Å². The van der Waals surface area contributed by atoms with Crippen molar-refractivity contribution in [3.63, 3.8) is 0 Å². The average Bonchev–Trinajstić information content (AvgIpc) is 2.53. The lowest BCUT2D eigenvalue weighted by atomic mass is 9.83. The molecule has 0 radical (unpaired) electrons. The minimum atomic E-state index is 0.357. The quantitative estimate of drug-likeness (QED) is 0.824. The highest BCUT2D eigenvalue weighted by Crippen LogP contribution is 2.32. The predicted molar refractivity (Wildman–Crippen MR) is 79.1 cm³/mol. The van der Waals surface area contributed by atoms with Crippen molar-refractivity contribution in [1.29, 1.82) is 10.5 Å². The highest BCUT2D eigenvalue weighted by molar-refractivity contribution is 5.37. The fourth-order valence-electron chi connectivity index (χ4n) is 2.30. The Bertz CT molecular complexity index is 593. The molecule has 2 aromatic rings. The van der Waals surface area contributed by atoms with E-state index < -0.39 is 0 Å². The number of hydrogen-bond donors (Lipinski definition) is 0. The fourth-order valence-corrected chi connectivity index (χ4v) is 2.30. The second kappa shape index (κ2) is 6.04. The van der Waals surface area contributed by atoms with Gasteiger partial charge in [-0.3, -0.25) is 0 Å². The third-order valence-corrected chi connectivity index (χ3v) is 3.88. The van der Waals surface area contributed by atoms with Gasteiger partial charge in [0.1, 0.15) is 0 Å².